The zero-order valence-electron chi connectivity index (χ0n) is 57.3. The number of hydrogen-bond acceptors (Lipinski definition) is 15. The van der Waals surface area contributed by atoms with Crippen LogP contribution in [-0.2, 0) is 65.4 Å². The molecule has 19 heteroatoms. The second kappa shape index (κ2) is 58.8. The number of rotatable bonds is 66. The Morgan fingerprint density at radius 1 is 0.284 bits per heavy atom. The summed E-state index contributed by atoms with van der Waals surface area (Å²) < 4.78 is 68.2. The zero-order chi connectivity index (χ0) is 65.4. The van der Waals surface area contributed by atoms with Crippen molar-refractivity contribution in [3.8, 4) is 0 Å². The third kappa shape index (κ3) is 62.8. The molecule has 0 fully saturated rings. The minimum Gasteiger partial charge on any atom is -0.462 e. The number of hydrogen-bond donors (Lipinski definition) is 3. The van der Waals surface area contributed by atoms with Crippen LogP contribution in [0.5, 0.6) is 0 Å². The molecule has 17 nitrogen and oxygen atoms in total. The summed E-state index contributed by atoms with van der Waals surface area (Å²) in [4.78, 5) is 72.4. The van der Waals surface area contributed by atoms with E-state index in [4.69, 9.17) is 37.0 Å². The van der Waals surface area contributed by atoms with E-state index in [1.807, 2.05) is 0 Å². The number of esters is 4. The highest BCUT2D eigenvalue weighted by Crippen LogP contribution is 2.45. The first-order valence-corrected chi connectivity index (χ1v) is 38.7. The van der Waals surface area contributed by atoms with Gasteiger partial charge in [-0.15, -0.1) is 0 Å². The van der Waals surface area contributed by atoms with Crippen molar-refractivity contribution in [1.29, 1.82) is 0 Å². The molecule has 0 saturated carbocycles. The van der Waals surface area contributed by atoms with Gasteiger partial charge in [0.05, 0.1) is 26.4 Å². The summed E-state index contributed by atoms with van der Waals surface area (Å²) in [6.45, 7) is 14.0. The van der Waals surface area contributed by atoms with Crippen molar-refractivity contribution in [2.24, 2.45) is 23.7 Å². The molecule has 0 saturated heterocycles. The van der Waals surface area contributed by atoms with Crippen LogP contribution in [0, 0.1) is 23.7 Å². The number of carbonyl (C=O) groups is 4. The van der Waals surface area contributed by atoms with Gasteiger partial charge in [-0.2, -0.15) is 0 Å². The first kappa shape index (κ1) is 86.1. The fraction of sp³-hybridized carbons (Fsp3) is 0.942. The van der Waals surface area contributed by atoms with Crippen molar-refractivity contribution in [2.75, 3.05) is 39.6 Å². The monoisotopic (exact) mass is 1300 g/mol. The molecule has 3 N–H and O–H groups in total. The lowest BCUT2D eigenvalue weighted by atomic mass is 10.0. The van der Waals surface area contributed by atoms with Crippen molar-refractivity contribution >= 4 is 39.5 Å². The van der Waals surface area contributed by atoms with E-state index in [9.17, 15) is 43.2 Å². The Balaban J connectivity index is 5.24. The average Bonchev–Trinajstić information content (AvgIpc) is 3.62. The summed E-state index contributed by atoms with van der Waals surface area (Å²) in [5.41, 5.74) is 0. The highest BCUT2D eigenvalue weighted by Gasteiger charge is 2.30. The van der Waals surface area contributed by atoms with Crippen LogP contribution in [-0.4, -0.2) is 96.7 Å². The topological polar surface area (TPSA) is 237 Å². The lowest BCUT2D eigenvalue weighted by Crippen LogP contribution is -2.30. The van der Waals surface area contributed by atoms with Crippen LogP contribution in [0.15, 0.2) is 0 Å². The van der Waals surface area contributed by atoms with Crippen LogP contribution >= 0.6 is 15.6 Å². The van der Waals surface area contributed by atoms with E-state index in [1.54, 1.807) is 0 Å². The van der Waals surface area contributed by atoms with Crippen LogP contribution < -0.4 is 0 Å². The fourth-order valence-corrected chi connectivity index (χ4v) is 11.9. The number of aliphatic hydroxyl groups is 1. The number of carbonyl (C=O) groups excluding carboxylic acids is 4. The summed E-state index contributed by atoms with van der Waals surface area (Å²) in [7, 11) is -9.90. The van der Waals surface area contributed by atoms with Gasteiger partial charge in [-0.25, -0.2) is 9.13 Å². The lowest BCUT2D eigenvalue weighted by Gasteiger charge is -2.21. The molecule has 0 heterocycles. The van der Waals surface area contributed by atoms with E-state index in [0.717, 1.165) is 108 Å². The molecule has 0 spiro atoms. The van der Waals surface area contributed by atoms with Gasteiger partial charge in [-0.05, 0) is 49.4 Å². The largest absolute Gasteiger partial charge is 0.472 e. The highest BCUT2D eigenvalue weighted by molar-refractivity contribution is 7.47. The molecule has 0 aliphatic carbocycles. The standard InChI is InChI=1S/C69H134O17P2/c1-59(2)45-37-29-21-15-11-9-10-12-18-26-35-43-51-68(73)85-64(55-79-66(71)49-41-33-24-17-14-13-16-22-30-38-46-60(3)4)57-83-87(75,76)81-53-63(70)54-82-88(77,78)84-58-65(86-69(74)52-44-36-28-27-32-40-48-62(7)8)56-80-67(72)50-42-34-25-20-19-23-31-39-47-61(5)6/h59-65,70H,9-58H2,1-8H3,(H,75,76)(H,77,78)/t63?,64-,65-/m1/s1. The normalized spacial score (nSPS) is 14.3. The first-order chi connectivity index (χ1) is 42.1. The molecule has 0 radical (unpaired) electrons. The van der Waals surface area contributed by atoms with Crippen LogP contribution in [0.1, 0.15) is 338 Å². The molecular formula is C69H134O17P2. The number of phosphoric acid groups is 2. The van der Waals surface area contributed by atoms with Crippen LogP contribution in [0.4, 0.5) is 0 Å². The Labute approximate surface area is 537 Å². The van der Waals surface area contributed by atoms with Crippen LogP contribution in [0.3, 0.4) is 0 Å². The Hall–Kier alpha value is -1.94. The maximum Gasteiger partial charge on any atom is 0.472 e. The second-order valence-electron chi connectivity index (χ2n) is 26.8. The van der Waals surface area contributed by atoms with Crippen molar-refractivity contribution in [2.45, 2.75) is 356 Å². The van der Waals surface area contributed by atoms with Crippen LogP contribution in [0.25, 0.3) is 0 Å². The van der Waals surface area contributed by atoms with E-state index < -0.39 is 97.5 Å². The van der Waals surface area contributed by atoms with Crippen molar-refractivity contribution < 1.29 is 80.2 Å². The summed E-state index contributed by atoms with van der Waals surface area (Å²) in [6, 6.07) is 0. The van der Waals surface area contributed by atoms with Crippen LogP contribution in [0.2, 0.25) is 0 Å². The van der Waals surface area contributed by atoms with Gasteiger partial charge >= 0.3 is 39.5 Å². The molecule has 0 aromatic rings. The summed E-state index contributed by atoms with van der Waals surface area (Å²) in [5, 5.41) is 10.6. The molecule has 0 aliphatic rings. The molecule has 0 aromatic carbocycles. The molecule has 88 heavy (non-hydrogen) atoms. The quantitative estimate of drug-likeness (QED) is 0.0222. The third-order valence-corrected chi connectivity index (χ3v) is 17.7. The molecule has 5 atom stereocenters. The summed E-state index contributed by atoms with van der Waals surface area (Å²) >= 11 is 0. The van der Waals surface area contributed by atoms with E-state index in [1.165, 1.54) is 141 Å². The predicted octanol–water partition coefficient (Wildman–Crippen LogP) is 19.3. The number of phosphoric ester groups is 2. The van der Waals surface area contributed by atoms with Gasteiger partial charge in [0.1, 0.15) is 19.3 Å². The number of unbranched alkanes of at least 4 members (excludes halogenated alkanes) is 32. The molecule has 0 amide bonds. The van der Waals surface area contributed by atoms with Gasteiger partial charge in [0.25, 0.3) is 0 Å². The molecule has 0 bridgehead atoms. The molecule has 0 aliphatic heterocycles. The molecule has 0 aromatic heterocycles. The predicted molar refractivity (Wildman–Crippen MR) is 354 cm³/mol. The van der Waals surface area contributed by atoms with Gasteiger partial charge < -0.3 is 33.8 Å². The van der Waals surface area contributed by atoms with E-state index in [2.05, 4.69) is 55.4 Å². The van der Waals surface area contributed by atoms with Gasteiger partial charge in [-0.3, -0.25) is 37.3 Å². The van der Waals surface area contributed by atoms with Crippen molar-refractivity contribution in [3.05, 3.63) is 0 Å². The maximum atomic E-state index is 13.0. The van der Waals surface area contributed by atoms with Gasteiger partial charge in [0.2, 0.25) is 0 Å². The van der Waals surface area contributed by atoms with Gasteiger partial charge in [-0.1, -0.05) is 287 Å². The molecule has 3 unspecified atom stereocenters. The van der Waals surface area contributed by atoms with Gasteiger partial charge in [0.15, 0.2) is 12.2 Å². The second-order valence-corrected chi connectivity index (χ2v) is 29.7. The smallest absolute Gasteiger partial charge is 0.462 e. The molecule has 522 valence electrons. The number of aliphatic hydroxyl groups excluding tert-OH is 1. The average molecular weight is 1300 g/mol. The Kier molecular flexibility index (Phi) is 57.6. The minimum atomic E-state index is -4.95. The molecular weight excluding hydrogens is 1160 g/mol. The molecule has 0 rings (SSSR count). The third-order valence-electron chi connectivity index (χ3n) is 15.8. The Morgan fingerprint density at radius 3 is 0.705 bits per heavy atom. The van der Waals surface area contributed by atoms with Crippen molar-refractivity contribution in [3.63, 3.8) is 0 Å². The van der Waals surface area contributed by atoms with Crippen molar-refractivity contribution in [1.82, 2.24) is 0 Å². The highest BCUT2D eigenvalue weighted by atomic mass is 31.2. The first-order valence-electron chi connectivity index (χ1n) is 35.7. The number of ether oxygens (including phenoxy) is 4. The SMILES string of the molecule is CC(C)CCCCCCCCCCCCCCC(=O)O[C@H](COC(=O)CCCCCCCCCCCCC(C)C)COP(=O)(O)OCC(O)COP(=O)(O)OC[C@@H](COC(=O)CCCCCCCCCCC(C)C)OC(=O)CCCCCCCCC(C)C. The lowest BCUT2D eigenvalue weighted by molar-refractivity contribution is -0.161. The van der Waals surface area contributed by atoms with Gasteiger partial charge in [0, 0.05) is 25.7 Å². The Morgan fingerprint density at radius 2 is 0.477 bits per heavy atom. The van der Waals surface area contributed by atoms with E-state index >= 15 is 0 Å². The zero-order valence-corrected chi connectivity index (χ0v) is 59.1. The Bertz CT molecular complexity index is 1750. The van der Waals surface area contributed by atoms with E-state index in [0.29, 0.717) is 31.6 Å². The fourth-order valence-electron chi connectivity index (χ4n) is 10.3. The summed E-state index contributed by atoms with van der Waals surface area (Å²) in [6.07, 6.45) is 40.5. The summed E-state index contributed by atoms with van der Waals surface area (Å²) in [5.74, 6) is 0.796. The minimum absolute atomic E-state index is 0.101. The maximum absolute atomic E-state index is 13.0. The van der Waals surface area contributed by atoms with E-state index in [-0.39, 0.29) is 25.7 Å².